The predicted molar refractivity (Wildman–Crippen MR) is 76.7 cm³/mol. The zero-order valence-electron chi connectivity index (χ0n) is 11.5. The summed E-state index contributed by atoms with van der Waals surface area (Å²) in [5, 5.41) is 3.84. The van der Waals surface area contributed by atoms with Gasteiger partial charge >= 0.3 is 0 Å². The lowest BCUT2D eigenvalue weighted by molar-refractivity contribution is 0.321. The summed E-state index contributed by atoms with van der Waals surface area (Å²) in [6.45, 7) is 8.53. The molecule has 0 aliphatic rings. The minimum Gasteiger partial charge on any atom is -0.317 e. The lowest BCUT2D eigenvalue weighted by atomic mass is 9.82. The van der Waals surface area contributed by atoms with Gasteiger partial charge in [0.2, 0.25) is 0 Å². The van der Waals surface area contributed by atoms with E-state index >= 15 is 0 Å². The maximum Gasteiger partial charge on any atom is 0.127 e. The van der Waals surface area contributed by atoms with Crippen LogP contribution in [0.4, 0.5) is 4.39 Å². The van der Waals surface area contributed by atoms with Gasteiger partial charge in [0, 0.05) is 5.02 Å². The van der Waals surface area contributed by atoms with Gasteiger partial charge in [-0.15, -0.1) is 0 Å². The molecule has 1 nitrogen and oxygen atoms in total. The van der Waals surface area contributed by atoms with Gasteiger partial charge in [0.15, 0.2) is 0 Å². The molecule has 18 heavy (non-hydrogen) atoms. The van der Waals surface area contributed by atoms with Crippen LogP contribution in [0.15, 0.2) is 18.2 Å². The lowest BCUT2D eigenvalue weighted by Crippen LogP contribution is -2.24. The Labute approximate surface area is 115 Å². The van der Waals surface area contributed by atoms with Crippen molar-refractivity contribution >= 4 is 11.6 Å². The molecule has 0 aliphatic heterocycles. The zero-order valence-corrected chi connectivity index (χ0v) is 12.3. The van der Waals surface area contributed by atoms with Crippen molar-refractivity contribution in [1.29, 1.82) is 0 Å². The Morgan fingerprint density at radius 3 is 2.61 bits per heavy atom. The van der Waals surface area contributed by atoms with E-state index < -0.39 is 0 Å². The second kappa shape index (κ2) is 7.10. The van der Waals surface area contributed by atoms with Crippen LogP contribution in [-0.2, 0) is 6.42 Å². The Morgan fingerprint density at radius 1 is 1.28 bits per heavy atom. The standard InChI is InChI=1S/C15H23ClFN/c1-4-8-18-9-7-15(2,3)11-12-5-6-13(16)10-14(12)17/h5-6,10,18H,4,7-9,11H2,1-3H3. The van der Waals surface area contributed by atoms with Crippen molar-refractivity contribution < 1.29 is 4.39 Å². The van der Waals surface area contributed by atoms with Gasteiger partial charge in [0.1, 0.15) is 5.82 Å². The van der Waals surface area contributed by atoms with Crippen molar-refractivity contribution in [3.63, 3.8) is 0 Å². The first-order chi connectivity index (χ1) is 8.44. The SMILES string of the molecule is CCCNCCC(C)(C)Cc1ccc(Cl)cc1F. The number of nitrogens with one attached hydrogen (secondary N) is 1. The highest BCUT2D eigenvalue weighted by Crippen LogP contribution is 2.27. The van der Waals surface area contributed by atoms with Crippen molar-refractivity contribution in [2.45, 2.75) is 40.0 Å². The average molecular weight is 272 g/mol. The molecule has 0 fully saturated rings. The third-order valence-electron chi connectivity index (χ3n) is 3.09. The second-order valence-corrected chi connectivity index (χ2v) is 6.01. The van der Waals surface area contributed by atoms with Crippen molar-refractivity contribution in [1.82, 2.24) is 5.32 Å². The fourth-order valence-corrected chi connectivity index (χ4v) is 2.16. The molecule has 3 heteroatoms. The van der Waals surface area contributed by atoms with Crippen LogP contribution in [0.5, 0.6) is 0 Å². The van der Waals surface area contributed by atoms with Gasteiger partial charge in [0.05, 0.1) is 0 Å². The van der Waals surface area contributed by atoms with E-state index in [9.17, 15) is 4.39 Å². The van der Waals surface area contributed by atoms with Gasteiger partial charge in [-0.2, -0.15) is 0 Å². The summed E-state index contributed by atoms with van der Waals surface area (Å²) >= 11 is 5.76. The summed E-state index contributed by atoms with van der Waals surface area (Å²) in [4.78, 5) is 0. The van der Waals surface area contributed by atoms with E-state index in [2.05, 4.69) is 26.1 Å². The smallest absolute Gasteiger partial charge is 0.127 e. The van der Waals surface area contributed by atoms with E-state index in [1.165, 1.54) is 6.07 Å². The molecule has 0 aliphatic carbocycles. The highest BCUT2D eigenvalue weighted by atomic mass is 35.5. The van der Waals surface area contributed by atoms with E-state index in [4.69, 9.17) is 11.6 Å². The van der Waals surface area contributed by atoms with Crippen molar-refractivity contribution in [2.24, 2.45) is 5.41 Å². The van der Waals surface area contributed by atoms with Crippen LogP contribution in [0.3, 0.4) is 0 Å². The van der Waals surface area contributed by atoms with E-state index in [1.807, 2.05) is 0 Å². The molecule has 0 unspecified atom stereocenters. The molecule has 1 aromatic carbocycles. The average Bonchev–Trinajstić information content (AvgIpc) is 2.28. The molecule has 0 amide bonds. The predicted octanol–water partition coefficient (Wildman–Crippen LogP) is 4.44. The fourth-order valence-electron chi connectivity index (χ4n) is 2.00. The van der Waals surface area contributed by atoms with Crippen LogP contribution in [0.2, 0.25) is 5.02 Å². The molecule has 0 spiro atoms. The van der Waals surface area contributed by atoms with Crippen molar-refractivity contribution in [3.8, 4) is 0 Å². The second-order valence-electron chi connectivity index (χ2n) is 5.58. The molecule has 1 aromatic rings. The molecule has 102 valence electrons. The van der Waals surface area contributed by atoms with Crippen molar-refractivity contribution in [3.05, 3.63) is 34.6 Å². The maximum atomic E-state index is 13.7. The fraction of sp³-hybridized carbons (Fsp3) is 0.600. The molecule has 0 radical (unpaired) electrons. The zero-order chi connectivity index (χ0) is 13.6. The van der Waals surface area contributed by atoms with Gasteiger partial charge in [-0.25, -0.2) is 4.39 Å². The molecule has 0 aromatic heterocycles. The minimum atomic E-state index is -0.197. The third-order valence-corrected chi connectivity index (χ3v) is 3.32. The Balaban J connectivity index is 2.53. The summed E-state index contributed by atoms with van der Waals surface area (Å²) in [5.41, 5.74) is 0.843. The maximum absolute atomic E-state index is 13.7. The Kier molecular flexibility index (Phi) is 6.10. The van der Waals surface area contributed by atoms with Gasteiger partial charge in [-0.05, 0) is 55.5 Å². The largest absolute Gasteiger partial charge is 0.317 e. The Bertz CT molecular complexity index is 377. The van der Waals surface area contributed by atoms with E-state index in [1.54, 1.807) is 12.1 Å². The molecule has 0 saturated heterocycles. The first kappa shape index (κ1) is 15.5. The summed E-state index contributed by atoms with van der Waals surface area (Å²) in [6.07, 6.45) is 2.92. The summed E-state index contributed by atoms with van der Waals surface area (Å²) < 4.78 is 13.7. The molecular formula is C15H23ClFN. The first-order valence-corrected chi connectivity index (χ1v) is 6.97. The number of halogens is 2. The normalized spacial score (nSPS) is 11.8. The van der Waals surface area contributed by atoms with Gasteiger partial charge in [-0.3, -0.25) is 0 Å². The molecular weight excluding hydrogens is 249 g/mol. The number of hydrogen-bond donors (Lipinski definition) is 1. The van der Waals surface area contributed by atoms with Crippen LogP contribution in [0.25, 0.3) is 0 Å². The van der Waals surface area contributed by atoms with E-state index in [-0.39, 0.29) is 11.2 Å². The van der Waals surface area contributed by atoms with Crippen LogP contribution in [0.1, 0.15) is 39.2 Å². The van der Waals surface area contributed by atoms with Crippen LogP contribution in [-0.4, -0.2) is 13.1 Å². The van der Waals surface area contributed by atoms with E-state index in [0.717, 1.165) is 37.9 Å². The van der Waals surface area contributed by atoms with Gasteiger partial charge in [-0.1, -0.05) is 38.4 Å². The monoisotopic (exact) mass is 271 g/mol. The molecule has 0 atom stereocenters. The lowest BCUT2D eigenvalue weighted by Gasteiger charge is -2.25. The Hall–Kier alpha value is -0.600. The summed E-state index contributed by atoms with van der Waals surface area (Å²) in [7, 11) is 0. The van der Waals surface area contributed by atoms with Gasteiger partial charge < -0.3 is 5.32 Å². The highest BCUT2D eigenvalue weighted by Gasteiger charge is 2.19. The molecule has 1 N–H and O–H groups in total. The van der Waals surface area contributed by atoms with Crippen LogP contribution >= 0.6 is 11.6 Å². The molecule has 0 saturated carbocycles. The molecule has 0 bridgehead atoms. The summed E-state index contributed by atoms with van der Waals surface area (Å²) in [5.74, 6) is -0.197. The summed E-state index contributed by atoms with van der Waals surface area (Å²) in [6, 6.07) is 4.94. The molecule has 0 heterocycles. The van der Waals surface area contributed by atoms with E-state index in [0.29, 0.717) is 5.02 Å². The number of hydrogen-bond acceptors (Lipinski definition) is 1. The third kappa shape index (κ3) is 5.36. The van der Waals surface area contributed by atoms with Gasteiger partial charge in [0.25, 0.3) is 0 Å². The number of rotatable bonds is 7. The number of benzene rings is 1. The quantitative estimate of drug-likeness (QED) is 0.723. The topological polar surface area (TPSA) is 12.0 Å². The molecule has 1 rings (SSSR count). The Morgan fingerprint density at radius 2 is 2.00 bits per heavy atom. The highest BCUT2D eigenvalue weighted by molar-refractivity contribution is 6.30. The van der Waals surface area contributed by atoms with Crippen LogP contribution < -0.4 is 5.32 Å². The first-order valence-electron chi connectivity index (χ1n) is 6.59. The van der Waals surface area contributed by atoms with Crippen LogP contribution in [0, 0.1) is 11.2 Å². The minimum absolute atomic E-state index is 0.0927. The van der Waals surface area contributed by atoms with Crippen molar-refractivity contribution in [2.75, 3.05) is 13.1 Å².